The van der Waals surface area contributed by atoms with Gasteiger partial charge >= 0.3 is 5.69 Å². The van der Waals surface area contributed by atoms with Crippen molar-refractivity contribution < 1.29 is 4.74 Å². The van der Waals surface area contributed by atoms with Gasteiger partial charge in [0.1, 0.15) is 17.1 Å². The molecule has 18 heavy (non-hydrogen) atoms. The van der Waals surface area contributed by atoms with Crippen LogP contribution in [0.25, 0.3) is 0 Å². The van der Waals surface area contributed by atoms with Crippen molar-refractivity contribution in [3.05, 3.63) is 61.2 Å². The van der Waals surface area contributed by atoms with Gasteiger partial charge in [-0.3, -0.25) is 14.3 Å². The molecule has 1 aromatic carbocycles. The molecule has 0 radical (unpaired) electrons. The lowest BCUT2D eigenvalue weighted by molar-refractivity contribution is 0.340. The van der Waals surface area contributed by atoms with Crippen molar-refractivity contribution in [2.75, 3.05) is 6.61 Å². The number of benzene rings is 1. The second-order valence-corrected chi connectivity index (χ2v) is 4.78. The van der Waals surface area contributed by atoms with Crippen LogP contribution in [-0.2, 0) is 0 Å². The summed E-state index contributed by atoms with van der Waals surface area (Å²) in [6.07, 6.45) is 0. The summed E-state index contributed by atoms with van der Waals surface area (Å²) >= 11 is 3.14. The van der Waals surface area contributed by atoms with Gasteiger partial charge in [-0.2, -0.15) is 0 Å². The van der Waals surface area contributed by atoms with Gasteiger partial charge in [-0.15, -0.1) is 0 Å². The average molecular weight is 309 g/mol. The van der Waals surface area contributed by atoms with Crippen molar-refractivity contribution in [1.82, 2.24) is 9.55 Å². The van der Waals surface area contributed by atoms with Gasteiger partial charge in [-0.05, 0) is 21.5 Å². The minimum absolute atomic E-state index is 0.207. The minimum atomic E-state index is -0.472. The first-order valence-electron chi connectivity index (χ1n) is 5.40. The molecule has 0 amide bonds. The predicted molar refractivity (Wildman–Crippen MR) is 69.1 cm³/mol. The zero-order chi connectivity index (χ0) is 12.7. The molecule has 0 fully saturated rings. The van der Waals surface area contributed by atoms with Crippen LogP contribution in [0.4, 0.5) is 0 Å². The topological polar surface area (TPSA) is 64.1 Å². The molecule has 0 saturated heterocycles. The largest absolute Gasteiger partial charge is 0.475 e. The fraction of sp³-hybridized carbons (Fsp3) is 0.167. The first-order valence-corrected chi connectivity index (χ1v) is 6.20. The van der Waals surface area contributed by atoms with E-state index in [2.05, 4.69) is 20.9 Å². The molecule has 1 aliphatic heterocycles. The Morgan fingerprint density at radius 1 is 1.28 bits per heavy atom. The van der Waals surface area contributed by atoms with Crippen LogP contribution in [0, 0.1) is 0 Å². The second-order valence-electron chi connectivity index (χ2n) is 3.99. The predicted octanol–water partition coefficient (Wildman–Crippen LogP) is 1.28. The van der Waals surface area contributed by atoms with Gasteiger partial charge in [0.25, 0.3) is 5.56 Å². The highest BCUT2D eigenvalue weighted by molar-refractivity contribution is 9.10. The van der Waals surface area contributed by atoms with Gasteiger partial charge in [0.2, 0.25) is 5.88 Å². The average Bonchev–Trinajstić information content (AvgIpc) is 2.82. The molecule has 2 heterocycles. The fourth-order valence-corrected chi connectivity index (χ4v) is 2.48. The van der Waals surface area contributed by atoms with E-state index in [4.69, 9.17) is 4.74 Å². The van der Waals surface area contributed by atoms with E-state index in [9.17, 15) is 9.59 Å². The third kappa shape index (κ3) is 1.60. The molecule has 0 saturated carbocycles. The van der Waals surface area contributed by atoms with Crippen molar-refractivity contribution in [2.45, 2.75) is 6.04 Å². The molecule has 0 aliphatic carbocycles. The molecule has 0 bridgehead atoms. The maximum atomic E-state index is 11.9. The molecule has 1 aromatic heterocycles. The Bertz CT molecular complexity index is 705. The van der Waals surface area contributed by atoms with E-state index in [0.717, 1.165) is 5.56 Å². The molecule has 92 valence electrons. The number of hydrogen-bond acceptors (Lipinski definition) is 3. The molecule has 1 aliphatic rings. The number of rotatable bonds is 1. The van der Waals surface area contributed by atoms with Crippen molar-refractivity contribution in [3.8, 4) is 5.88 Å². The minimum Gasteiger partial charge on any atom is -0.475 e. The highest BCUT2D eigenvalue weighted by Gasteiger charge is 2.29. The van der Waals surface area contributed by atoms with E-state index < -0.39 is 11.2 Å². The van der Waals surface area contributed by atoms with Crippen LogP contribution in [0.5, 0.6) is 5.88 Å². The first kappa shape index (κ1) is 11.3. The summed E-state index contributed by atoms with van der Waals surface area (Å²) in [6, 6.07) is 9.36. The Balaban J connectivity index is 2.22. The molecular formula is C12H9BrN2O3. The number of aromatic amines is 1. The summed E-state index contributed by atoms with van der Waals surface area (Å²) < 4.78 is 7.16. The van der Waals surface area contributed by atoms with Crippen molar-refractivity contribution in [2.24, 2.45) is 0 Å². The van der Waals surface area contributed by atoms with Crippen LogP contribution in [-0.4, -0.2) is 16.2 Å². The van der Waals surface area contributed by atoms with E-state index in [0.29, 0.717) is 6.61 Å². The van der Waals surface area contributed by atoms with Crippen molar-refractivity contribution in [3.63, 3.8) is 0 Å². The quantitative estimate of drug-likeness (QED) is 0.863. The summed E-state index contributed by atoms with van der Waals surface area (Å²) in [5.74, 6) is 0.289. The zero-order valence-electron chi connectivity index (χ0n) is 9.22. The third-order valence-corrected chi connectivity index (χ3v) is 3.62. The van der Waals surface area contributed by atoms with E-state index in [1.165, 1.54) is 4.57 Å². The SMILES string of the molecule is O=c1[nH]c(=O)n2c(c1Br)OCC2c1ccccc1. The lowest BCUT2D eigenvalue weighted by Gasteiger charge is -2.10. The van der Waals surface area contributed by atoms with Gasteiger partial charge in [0, 0.05) is 0 Å². The lowest BCUT2D eigenvalue weighted by Crippen LogP contribution is -2.31. The normalized spacial score (nSPS) is 17.3. The maximum absolute atomic E-state index is 11.9. The summed E-state index contributed by atoms with van der Waals surface area (Å²) in [5, 5.41) is 0. The Hall–Kier alpha value is -1.82. The standard InChI is InChI=1S/C12H9BrN2O3/c13-9-10(16)14-12(17)15-8(6-18-11(9)15)7-4-2-1-3-5-7/h1-5,8H,6H2,(H,14,16,17). The smallest absolute Gasteiger partial charge is 0.331 e. The van der Waals surface area contributed by atoms with Crippen LogP contribution in [0.3, 0.4) is 0 Å². The molecular weight excluding hydrogens is 300 g/mol. The number of aromatic nitrogens is 2. The number of H-pyrrole nitrogens is 1. The number of fused-ring (bicyclic) bond motifs is 1. The Kier molecular flexibility index (Phi) is 2.59. The van der Waals surface area contributed by atoms with Gasteiger partial charge in [0.15, 0.2) is 0 Å². The summed E-state index contributed by atoms with van der Waals surface area (Å²) in [6.45, 7) is 0.342. The van der Waals surface area contributed by atoms with E-state index in [1.54, 1.807) is 0 Å². The Labute approximate surface area is 110 Å². The number of nitrogens with one attached hydrogen (secondary N) is 1. The summed E-state index contributed by atoms with van der Waals surface area (Å²) in [4.78, 5) is 25.6. The van der Waals surface area contributed by atoms with E-state index >= 15 is 0 Å². The van der Waals surface area contributed by atoms with Crippen LogP contribution in [0.15, 0.2) is 44.4 Å². The van der Waals surface area contributed by atoms with E-state index in [-0.39, 0.29) is 16.4 Å². The Morgan fingerprint density at radius 3 is 2.72 bits per heavy atom. The molecule has 6 heteroatoms. The highest BCUT2D eigenvalue weighted by Crippen LogP contribution is 2.32. The maximum Gasteiger partial charge on any atom is 0.331 e. The number of halogens is 1. The van der Waals surface area contributed by atoms with Crippen LogP contribution in [0.1, 0.15) is 11.6 Å². The molecule has 1 atom stereocenters. The van der Waals surface area contributed by atoms with Gasteiger partial charge in [-0.25, -0.2) is 4.79 Å². The van der Waals surface area contributed by atoms with Crippen LogP contribution < -0.4 is 16.0 Å². The van der Waals surface area contributed by atoms with Gasteiger partial charge < -0.3 is 4.74 Å². The second kappa shape index (κ2) is 4.13. The molecule has 3 rings (SSSR count). The van der Waals surface area contributed by atoms with E-state index in [1.807, 2.05) is 30.3 Å². The molecule has 2 aromatic rings. The third-order valence-electron chi connectivity index (χ3n) is 2.92. The molecule has 0 spiro atoms. The first-order chi connectivity index (χ1) is 8.68. The van der Waals surface area contributed by atoms with Gasteiger partial charge in [-0.1, -0.05) is 30.3 Å². The number of nitrogens with zero attached hydrogens (tertiary/aromatic N) is 1. The summed E-state index contributed by atoms with van der Waals surface area (Å²) in [7, 11) is 0. The number of hydrogen-bond donors (Lipinski definition) is 1. The van der Waals surface area contributed by atoms with Crippen molar-refractivity contribution >= 4 is 15.9 Å². The monoisotopic (exact) mass is 308 g/mol. The highest BCUT2D eigenvalue weighted by atomic mass is 79.9. The molecule has 1 N–H and O–H groups in total. The summed E-state index contributed by atoms with van der Waals surface area (Å²) in [5.41, 5.74) is 0.0433. The fourth-order valence-electron chi connectivity index (χ4n) is 2.08. The van der Waals surface area contributed by atoms with Crippen LogP contribution >= 0.6 is 15.9 Å². The Morgan fingerprint density at radius 2 is 2.00 bits per heavy atom. The molecule has 1 unspecified atom stereocenters. The number of ether oxygens (including phenoxy) is 1. The van der Waals surface area contributed by atoms with Crippen LogP contribution in [0.2, 0.25) is 0 Å². The lowest BCUT2D eigenvalue weighted by atomic mass is 10.1. The zero-order valence-corrected chi connectivity index (χ0v) is 10.8. The molecule has 5 nitrogen and oxygen atoms in total. The van der Waals surface area contributed by atoms with Crippen molar-refractivity contribution in [1.29, 1.82) is 0 Å². The van der Waals surface area contributed by atoms with Gasteiger partial charge in [0.05, 0.1) is 0 Å².